The minimum absolute atomic E-state index is 0.0172. The summed E-state index contributed by atoms with van der Waals surface area (Å²) in [6.07, 6.45) is 7.21. The normalized spacial score (nSPS) is 33.5. The fraction of sp³-hybridized carbons (Fsp3) is 0.905. The molecule has 0 spiro atoms. The van der Waals surface area contributed by atoms with E-state index in [0.717, 1.165) is 32.1 Å². The molecule has 6 nitrogen and oxygen atoms in total. The van der Waals surface area contributed by atoms with Gasteiger partial charge in [0, 0.05) is 6.42 Å². The van der Waals surface area contributed by atoms with Crippen LogP contribution in [0.3, 0.4) is 0 Å². The lowest BCUT2D eigenvalue weighted by Gasteiger charge is -2.19. The number of hydrogen-bond donors (Lipinski definition) is 0. The Bertz CT molecular complexity index is 521. The molecule has 3 aliphatic rings. The van der Waals surface area contributed by atoms with Gasteiger partial charge in [0.15, 0.2) is 0 Å². The monoisotopic (exact) mass is 382 g/mol. The molecule has 2 aliphatic heterocycles. The molecular weight excluding hydrogens is 348 g/mol. The molecule has 0 N–H and O–H groups in total. The topological polar surface area (TPSA) is 77.7 Å². The zero-order valence-electron chi connectivity index (χ0n) is 16.9. The third kappa shape index (κ3) is 6.75. The lowest BCUT2D eigenvalue weighted by Crippen LogP contribution is -2.25. The summed E-state index contributed by atoms with van der Waals surface area (Å²) in [5.74, 6) is 0.216. The first-order valence-electron chi connectivity index (χ1n) is 10.6. The van der Waals surface area contributed by atoms with Gasteiger partial charge in [-0.15, -0.1) is 0 Å². The van der Waals surface area contributed by atoms with Gasteiger partial charge in [-0.1, -0.05) is 13.8 Å². The summed E-state index contributed by atoms with van der Waals surface area (Å²) in [6, 6.07) is 0. The molecule has 27 heavy (non-hydrogen) atoms. The van der Waals surface area contributed by atoms with E-state index in [1.54, 1.807) is 0 Å². The molecule has 154 valence electrons. The molecule has 0 aromatic heterocycles. The standard InChI is InChI=1S/C21H34O6/c1-13(4-7-17-15(3)26-17)11-24-20(22)9-5-14(2)12-25-21(23)16-6-8-18-19(10-16)27-18/h13-19H,4-12H2,1-3H3. The average molecular weight is 382 g/mol. The Kier molecular flexibility index (Phi) is 7.15. The zero-order valence-corrected chi connectivity index (χ0v) is 16.9. The second kappa shape index (κ2) is 9.37. The highest BCUT2D eigenvalue weighted by atomic mass is 16.6. The molecule has 1 aliphatic carbocycles. The van der Waals surface area contributed by atoms with Crippen molar-refractivity contribution in [1.82, 2.24) is 0 Å². The predicted molar refractivity (Wildman–Crippen MR) is 99.1 cm³/mol. The number of ether oxygens (including phenoxy) is 4. The minimum Gasteiger partial charge on any atom is -0.465 e. The number of carbonyl (C=O) groups excluding carboxylic acids is 2. The highest BCUT2D eigenvalue weighted by Gasteiger charge is 2.46. The van der Waals surface area contributed by atoms with Crippen LogP contribution in [0.5, 0.6) is 0 Å². The molecule has 3 rings (SSSR count). The summed E-state index contributed by atoms with van der Waals surface area (Å²) in [5.41, 5.74) is 0. The quantitative estimate of drug-likeness (QED) is 0.403. The van der Waals surface area contributed by atoms with Gasteiger partial charge in [-0.25, -0.2) is 0 Å². The van der Waals surface area contributed by atoms with Crippen LogP contribution in [0.25, 0.3) is 0 Å². The van der Waals surface area contributed by atoms with Gasteiger partial charge in [0.2, 0.25) is 0 Å². The first kappa shape index (κ1) is 20.6. The van der Waals surface area contributed by atoms with Crippen molar-refractivity contribution in [1.29, 1.82) is 0 Å². The Hall–Kier alpha value is -1.14. The molecule has 2 saturated heterocycles. The van der Waals surface area contributed by atoms with E-state index in [1.165, 1.54) is 0 Å². The van der Waals surface area contributed by atoms with Crippen molar-refractivity contribution < 1.29 is 28.5 Å². The maximum absolute atomic E-state index is 12.1. The van der Waals surface area contributed by atoms with Crippen LogP contribution in [0, 0.1) is 17.8 Å². The van der Waals surface area contributed by atoms with Crippen molar-refractivity contribution in [3.63, 3.8) is 0 Å². The zero-order chi connectivity index (χ0) is 19.4. The number of rotatable bonds is 11. The molecule has 1 saturated carbocycles. The van der Waals surface area contributed by atoms with Gasteiger partial charge in [-0.2, -0.15) is 0 Å². The van der Waals surface area contributed by atoms with Gasteiger partial charge < -0.3 is 18.9 Å². The van der Waals surface area contributed by atoms with Crippen LogP contribution >= 0.6 is 0 Å². The third-order valence-corrected chi connectivity index (χ3v) is 6.00. The molecule has 0 amide bonds. The van der Waals surface area contributed by atoms with Crippen molar-refractivity contribution in [2.75, 3.05) is 13.2 Å². The lowest BCUT2D eigenvalue weighted by atomic mass is 9.89. The number of carbonyl (C=O) groups is 2. The van der Waals surface area contributed by atoms with E-state index in [0.29, 0.717) is 50.3 Å². The summed E-state index contributed by atoms with van der Waals surface area (Å²) in [6.45, 7) is 7.02. The summed E-state index contributed by atoms with van der Waals surface area (Å²) in [7, 11) is 0. The fourth-order valence-electron chi connectivity index (χ4n) is 3.78. The maximum Gasteiger partial charge on any atom is 0.309 e. The smallest absolute Gasteiger partial charge is 0.309 e. The van der Waals surface area contributed by atoms with Crippen molar-refractivity contribution in [2.45, 2.75) is 90.1 Å². The Morgan fingerprint density at radius 1 is 1.00 bits per heavy atom. The average Bonchev–Trinajstić information content (AvgIpc) is 3.56. The largest absolute Gasteiger partial charge is 0.465 e. The summed E-state index contributed by atoms with van der Waals surface area (Å²) in [4.78, 5) is 24.1. The summed E-state index contributed by atoms with van der Waals surface area (Å²) in [5, 5.41) is 0. The van der Waals surface area contributed by atoms with Crippen LogP contribution < -0.4 is 0 Å². The first-order valence-corrected chi connectivity index (χ1v) is 10.6. The van der Waals surface area contributed by atoms with Crippen LogP contribution in [0.4, 0.5) is 0 Å². The van der Waals surface area contributed by atoms with Crippen LogP contribution in [0.15, 0.2) is 0 Å². The van der Waals surface area contributed by atoms with E-state index in [2.05, 4.69) is 13.8 Å². The summed E-state index contributed by atoms with van der Waals surface area (Å²) >= 11 is 0. The number of hydrogen-bond acceptors (Lipinski definition) is 6. The number of esters is 2. The van der Waals surface area contributed by atoms with Crippen LogP contribution in [0.2, 0.25) is 0 Å². The second-order valence-electron chi connectivity index (χ2n) is 8.74. The molecule has 2 heterocycles. The van der Waals surface area contributed by atoms with Crippen LogP contribution in [-0.4, -0.2) is 49.6 Å². The van der Waals surface area contributed by atoms with Crippen LogP contribution in [-0.2, 0) is 28.5 Å². The predicted octanol–water partition coefficient (Wildman–Crippen LogP) is 3.26. The highest BCUT2D eigenvalue weighted by Crippen LogP contribution is 2.39. The van der Waals surface area contributed by atoms with Crippen molar-refractivity contribution in [3.8, 4) is 0 Å². The van der Waals surface area contributed by atoms with Crippen molar-refractivity contribution in [3.05, 3.63) is 0 Å². The van der Waals surface area contributed by atoms with Crippen molar-refractivity contribution in [2.24, 2.45) is 17.8 Å². The summed E-state index contributed by atoms with van der Waals surface area (Å²) < 4.78 is 21.7. The second-order valence-corrected chi connectivity index (χ2v) is 8.74. The molecule has 0 bridgehead atoms. The van der Waals surface area contributed by atoms with E-state index in [1.807, 2.05) is 6.92 Å². The Morgan fingerprint density at radius 3 is 2.41 bits per heavy atom. The molecule has 0 radical (unpaired) electrons. The van der Waals surface area contributed by atoms with Crippen LogP contribution in [0.1, 0.15) is 65.7 Å². The Morgan fingerprint density at radius 2 is 1.70 bits per heavy atom. The minimum atomic E-state index is -0.166. The maximum atomic E-state index is 12.1. The van der Waals surface area contributed by atoms with E-state index in [4.69, 9.17) is 18.9 Å². The van der Waals surface area contributed by atoms with E-state index in [-0.39, 0.29) is 29.9 Å². The van der Waals surface area contributed by atoms with E-state index < -0.39 is 0 Å². The molecule has 7 atom stereocenters. The molecule has 0 aromatic rings. The first-order chi connectivity index (χ1) is 12.9. The number of fused-ring (bicyclic) bond motifs is 1. The molecular formula is C21H34O6. The number of epoxide rings is 2. The van der Waals surface area contributed by atoms with Gasteiger partial charge in [-0.05, 0) is 57.3 Å². The van der Waals surface area contributed by atoms with E-state index in [9.17, 15) is 9.59 Å². The fourth-order valence-corrected chi connectivity index (χ4v) is 3.78. The third-order valence-electron chi connectivity index (χ3n) is 6.00. The Balaban J connectivity index is 1.20. The van der Waals surface area contributed by atoms with Crippen molar-refractivity contribution >= 4 is 11.9 Å². The molecule has 6 heteroatoms. The SMILES string of the molecule is CC(CCC1OC1C)COC(=O)CCC(C)COC(=O)C1CCC2OC2C1. The molecule has 3 fully saturated rings. The van der Waals surface area contributed by atoms with Gasteiger partial charge in [0.1, 0.15) is 0 Å². The Labute approximate surface area is 162 Å². The van der Waals surface area contributed by atoms with Gasteiger partial charge in [-0.3, -0.25) is 9.59 Å². The van der Waals surface area contributed by atoms with Gasteiger partial charge >= 0.3 is 11.9 Å². The highest BCUT2D eigenvalue weighted by molar-refractivity contribution is 5.72. The lowest BCUT2D eigenvalue weighted by molar-refractivity contribution is -0.150. The van der Waals surface area contributed by atoms with Gasteiger partial charge in [0.05, 0.1) is 43.5 Å². The molecule has 7 unspecified atom stereocenters. The van der Waals surface area contributed by atoms with E-state index >= 15 is 0 Å². The van der Waals surface area contributed by atoms with Gasteiger partial charge in [0.25, 0.3) is 0 Å². The molecule has 0 aromatic carbocycles.